The number of carbonyl (C=O) groups excluding carboxylic acids is 1. The lowest BCUT2D eigenvalue weighted by molar-refractivity contribution is -0.123. The molecule has 0 aromatic carbocycles. The van der Waals surface area contributed by atoms with Crippen LogP contribution in [0.2, 0.25) is 0 Å². The summed E-state index contributed by atoms with van der Waals surface area (Å²) in [7, 11) is 0. The molecule has 0 bridgehead atoms. The lowest BCUT2D eigenvalue weighted by Gasteiger charge is -2.43. The SMILES string of the molecule is CCCCCCCCCCCCC1CCC(C2CCC3CC(=O)CCC3C2)CC1. The van der Waals surface area contributed by atoms with Crippen LogP contribution in [0, 0.1) is 29.6 Å². The van der Waals surface area contributed by atoms with Gasteiger partial charge in [0.1, 0.15) is 5.78 Å². The summed E-state index contributed by atoms with van der Waals surface area (Å²) in [6.07, 6.45) is 29.5. The van der Waals surface area contributed by atoms with Gasteiger partial charge in [0, 0.05) is 12.8 Å². The molecule has 3 unspecified atom stereocenters. The Hall–Kier alpha value is -0.330. The molecule has 29 heavy (non-hydrogen) atoms. The highest BCUT2D eigenvalue weighted by atomic mass is 16.1. The molecule has 0 amide bonds. The van der Waals surface area contributed by atoms with Crippen molar-refractivity contribution >= 4 is 5.78 Å². The maximum atomic E-state index is 11.7. The van der Waals surface area contributed by atoms with Crippen molar-refractivity contribution in [2.24, 2.45) is 29.6 Å². The Labute approximate surface area is 182 Å². The van der Waals surface area contributed by atoms with Crippen LogP contribution in [0.5, 0.6) is 0 Å². The first kappa shape index (κ1) is 23.3. The van der Waals surface area contributed by atoms with E-state index in [9.17, 15) is 4.79 Å². The number of hydrogen-bond acceptors (Lipinski definition) is 1. The first-order valence-corrected chi connectivity index (χ1v) is 13.8. The fourth-order valence-corrected chi connectivity index (χ4v) is 7.02. The minimum atomic E-state index is 0.553. The Kier molecular flexibility index (Phi) is 10.6. The minimum absolute atomic E-state index is 0.553. The van der Waals surface area contributed by atoms with Gasteiger partial charge >= 0.3 is 0 Å². The molecular weight excluding hydrogens is 352 g/mol. The molecule has 0 aromatic heterocycles. The van der Waals surface area contributed by atoms with Crippen molar-refractivity contribution in [1.82, 2.24) is 0 Å². The van der Waals surface area contributed by atoms with Crippen LogP contribution in [0.4, 0.5) is 0 Å². The van der Waals surface area contributed by atoms with E-state index in [0.717, 1.165) is 42.4 Å². The van der Waals surface area contributed by atoms with E-state index in [4.69, 9.17) is 0 Å². The van der Waals surface area contributed by atoms with Crippen molar-refractivity contribution in [2.75, 3.05) is 0 Å². The maximum absolute atomic E-state index is 11.7. The molecule has 3 saturated carbocycles. The van der Waals surface area contributed by atoms with Gasteiger partial charge in [0.05, 0.1) is 0 Å². The first-order chi connectivity index (χ1) is 14.3. The molecule has 0 radical (unpaired) electrons. The standard InChI is InChI=1S/C28H50O/c1-2-3-4-5-6-7-8-9-10-11-12-23-13-15-24(16-14-23)25-17-18-27-22-28(29)20-19-26(27)21-25/h23-27H,2-22H2,1H3. The molecule has 3 atom stereocenters. The summed E-state index contributed by atoms with van der Waals surface area (Å²) in [6.45, 7) is 2.30. The highest BCUT2D eigenvalue weighted by Gasteiger charge is 2.38. The molecule has 0 aromatic rings. The van der Waals surface area contributed by atoms with Gasteiger partial charge in [-0.3, -0.25) is 4.79 Å². The van der Waals surface area contributed by atoms with E-state index in [1.807, 2.05) is 0 Å². The van der Waals surface area contributed by atoms with Crippen molar-refractivity contribution in [2.45, 2.75) is 142 Å². The molecule has 0 heterocycles. The average Bonchev–Trinajstić information content (AvgIpc) is 2.75. The summed E-state index contributed by atoms with van der Waals surface area (Å²) < 4.78 is 0. The van der Waals surface area contributed by atoms with E-state index in [0.29, 0.717) is 5.78 Å². The zero-order chi connectivity index (χ0) is 20.3. The van der Waals surface area contributed by atoms with Gasteiger partial charge in [0.25, 0.3) is 0 Å². The predicted molar refractivity (Wildman–Crippen MR) is 125 cm³/mol. The van der Waals surface area contributed by atoms with Crippen LogP contribution in [-0.4, -0.2) is 5.78 Å². The van der Waals surface area contributed by atoms with Gasteiger partial charge in [-0.1, -0.05) is 90.4 Å². The van der Waals surface area contributed by atoms with Crippen molar-refractivity contribution in [3.8, 4) is 0 Å². The van der Waals surface area contributed by atoms with E-state index in [-0.39, 0.29) is 0 Å². The number of carbonyl (C=O) groups is 1. The number of ketones is 1. The quantitative estimate of drug-likeness (QED) is 0.298. The highest BCUT2D eigenvalue weighted by Crippen LogP contribution is 2.47. The van der Waals surface area contributed by atoms with Gasteiger partial charge < -0.3 is 0 Å². The third-order valence-electron chi connectivity index (χ3n) is 8.99. The lowest BCUT2D eigenvalue weighted by Crippen LogP contribution is -2.34. The monoisotopic (exact) mass is 402 g/mol. The average molecular weight is 403 g/mol. The van der Waals surface area contributed by atoms with Crippen molar-refractivity contribution in [3.63, 3.8) is 0 Å². The second-order valence-electron chi connectivity index (χ2n) is 11.1. The second kappa shape index (κ2) is 13.2. The lowest BCUT2D eigenvalue weighted by atomic mass is 9.62. The highest BCUT2D eigenvalue weighted by molar-refractivity contribution is 5.79. The zero-order valence-electron chi connectivity index (χ0n) is 19.6. The van der Waals surface area contributed by atoms with Crippen molar-refractivity contribution in [3.05, 3.63) is 0 Å². The third kappa shape index (κ3) is 8.02. The van der Waals surface area contributed by atoms with Crippen LogP contribution >= 0.6 is 0 Å². The van der Waals surface area contributed by atoms with Crippen LogP contribution in [0.1, 0.15) is 142 Å². The van der Waals surface area contributed by atoms with Crippen LogP contribution in [-0.2, 0) is 4.79 Å². The zero-order valence-corrected chi connectivity index (χ0v) is 19.6. The second-order valence-corrected chi connectivity index (χ2v) is 11.1. The van der Waals surface area contributed by atoms with E-state index in [1.165, 1.54) is 122 Å². The van der Waals surface area contributed by atoms with Gasteiger partial charge in [-0.2, -0.15) is 0 Å². The van der Waals surface area contributed by atoms with Crippen LogP contribution in [0.3, 0.4) is 0 Å². The smallest absolute Gasteiger partial charge is 0.133 e. The topological polar surface area (TPSA) is 17.1 Å². The normalized spacial score (nSPS) is 32.9. The number of unbranched alkanes of at least 4 members (excludes halogenated alkanes) is 9. The van der Waals surface area contributed by atoms with Crippen LogP contribution < -0.4 is 0 Å². The maximum Gasteiger partial charge on any atom is 0.133 e. The number of fused-ring (bicyclic) bond motifs is 1. The molecule has 0 aliphatic heterocycles. The molecule has 3 rings (SSSR count). The molecule has 1 heteroatoms. The van der Waals surface area contributed by atoms with Gasteiger partial charge in [-0.05, 0) is 68.1 Å². The molecule has 168 valence electrons. The Morgan fingerprint density at radius 1 is 0.621 bits per heavy atom. The summed E-state index contributed by atoms with van der Waals surface area (Å²) in [5.41, 5.74) is 0. The Morgan fingerprint density at radius 3 is 1.86 bits per heavy atom. The number of Topliss-reactive ketones (excluding diaryl/α,β-unsaturated/α-hetero) is 1. The van der Waals surface area contributed by atoms with E-state index < -0.39 is 0 Å². The Bertz CT molecular complexity index is 447. The molecule has 0 saturated heterocycles. The van der Waals surface area contributed by atoms with E-state index >= 15 is 0 Å². The molecule has 3 aliphatic carbocycles. The largest absolute Gasteiger partial charge is 0.300 e. The summed E-state index contributed by atoms with van der Waals surface area (Å²) in [4.78, 5) is 11.7. The van der Waals surface area contributed by atoms with Gasteiger partial charge in [0.15, 0.2) is 0 Å². The van der Waals surface area contributed by atoms with Crippen LogP contribution in [0.15, 0.2) is 0 Å². The Morgan fingerprint density at radius 2 is 1.17 bits per heavy atom. The van der Waals surface area contributed by atoms with E-state index in [2.05, 4.69) is 6.92 Å². The van der Waals surface area contributed by atoms with Gasteiger partial charge in [-0.25, -0.2) is 0 Å². The molecule has 3 aliphatic rings. The predicted octanol–water partition coefficient (Wildman–Crippen LogP) is 8.89. The third-order valence-corrected chi connectivity index (χ3v) is 8.99. The minimum Gasteiger partial charge on any atom is -0.300 e. The summed E-state index contributed by atoms with van der Waals surface area (Å²) in [6, 6.07) is 0. The fraction of sp³-hybridized carbons (Fsp3) is 0.964. The number of hydrogen-bond donors (Lipinski definition) is 0. The summed E-state index contributed by atoms with van der Waals surface area (Å²) in [5.74, 6) is 5.29. The van der Waals surface area contributed by atoms with Gasteiger partial charge in [0.2, 0.25) is 0 Å². The van der Waals surface area contributed by atoms with Gasteiger partial charge in [-0.15, -0.1) is 0 Å². The van der Waals surface area contributed by atoms with Crippen LogP contribution in [0.25, 0.3) is 0 Å². The summed E-state index contributed by atoms with van der Waals surface area (Å²) >= 11 is 0. The number of rotatable bonds is 12. The Balaban J connectivity index is 1.19. The van der Waals surface area contributed by atoms with Crippen molar-refractivity contribution in [1.29, 1.82) is 0 Å². The molecule has 3 fully saturated rings. The van der Waals surface area contributed by atoms with E-state index in [1.54, 1.807) is 0 Å². The van der Waals surface area contributed by atoms with Crippen molar-refractivity contribution < 1.29 is 4.79 Å². The molecule has 0 spiro atoms. The molecule has 1 nitrogen and oxygen atoms in total. The molecular formula is C28H50O. The summed E-state index contributed by atoms with van der Waals surface area (Å²) in [5, 5.41) is 0. The fourth-order valence-electron chi connectivity index (χ4n) is 7.02. The first-order valence-electron chi connectivity index (χ1n) is 13.8. The molecule has 0 N–H and O–H groups in total.